The van der Waals surface area contributed by atoms with Gasteiger partial charge in [0.1, 0.15) is 0 Å². The molecule has 3 N–H and O–H groups in total. The van der Waals surface area contributed by atoms with E-state index in [4.69, 9.17) is 14.6 Å². The third-order valence-corrected chi connectivity index (χ3v) is 3.63. The lowest BCUT2D eigenvalue weighted by Crippen LogP contribution is -2.28. The van der Waals surface area contributed by atoms with Gasteiger partial charge in [0.15, 0.2) is 0 Å². The van der Waals surface area contributed by atoms with Crippen LogP contribution in [0, 0.1) is 5.92 Å². The Bertz CT molecular complexity index is 137. The van der Waals surface area contributed by atoms with E-state index in [0.29, 0.717) is 12.0 Å². The van der Waals surface area contributed by atoms with Gasteiger partial charge in [-0.05, 0) is 26.7 Å². The van der Waals surface area contributed by atoms with Crippen LogP contribution in [0.2, 0.25) is 0 Å². The minimum absolute atomic E-state index is 0.343. The first-order chi connectivity index (χ1) is 7.13. The van der Waals surface area contributed by atoms with E-state index < -0.39 is 10.0 Å². The van der Waals surface area contributed by atoms with Crippen molar-refractivity contribution in [3.8, 4) is 0 Å². The Morgan fingerprint density at radius 1 is 1.33 bits per heavy atom. The Hall–Kier alpha value is 0.0569. The molecule has 1 saturated heterocycles. The largest absolute Gasteiger partial charge is 0.399 e. The maximum atomic E-state index is 5.64. The average Bonchev–Trinajstić information content (AvgIpc) is 3.02. The molecule has 0 aromatic carbocycles. The lowest BCUT2D eigenvalue weighted by atomic mass is 10.0. The normalized spacial score (nSPS) is 22.6. The van der Waals surface area contributed by atoms with Crippen LogP contribution >= 0.6 is 0 Å². The molecular formula is C10H26N2O2Si. The van der Waals surface area contributed by atoms with Gasteiger partial charge in [0.25, 0.3) is 0 Å². The van der Waals surface area contributed by atoms with Crippen molar-refractivity contribution in [3.63, 3.8) is 0 Å². The van der Waals surface area contributed by atoms with Gasteiger partial charge in [-0.25, -0.2) is 0 Å². The molecule has 3 unspecified atom stereocenters. The molecule has 0 spiro atoms. The summed E-state index contributed by atoms with van der Waals surface area (Å²) in [6.07, 6.45) is 0. The van der Waals surface area contributed by atoms with Crippen LogP contribution in [0.4, 0.5) is 0 Å². The van der Waals surface area contributed by atoms with Crippen LogP contribution in [-0.2, 0) is 8.85 Å². The monoisotopic (exact) mass is 234 g/mol. The van der Waals surface area contributed by atoms with Gasteiger partial charge < -0.3 is 19.9 Å². The predicted molar refractivity (Wildman–Crippen MR) is 66.4 cm³/mol. The van der Waals surface area contributed by atoms with Gasteiger partial charge in [0.2, 0.25) is 0 Å². The van der Waals surface area contributed by atoms with E-state index in [1.54, 1.807) is 0 Å². The summed E-state index contributed by atoms with van der Waals surface area (Å²) in [6, 6.07) is 1.06. The molecule has 1 rings (SSSR count). The van der Waals surface area contributed by atoms with Crippen LogP contribution in [0.3, 0.4) is 0 Å². The van der Waals surface area contributed by atoms with Crippen LogP contribution < -0.4 is 11.1 Å². The zero-order valence-corrected chi connectivity index (χ0v) is 11.9. The van der Waals surface area contributed by atoms with Gasteiger partial charge in [-0.1, -0.05) is 6.92 Å². The summed E-state index contributed by atoms with van der Waals surface area (Å²) in [6.45, 7) is 11.0. The molecule has 3 atom stereocenters. The van der Waals surface area contributed by atoms with Crippen LogP contribution in [0.25, 0.3) is 0 Å². The second kappa shape index (κ2) is 9.29. The summed E-state index contributed by atoms with van der Waals surface area (Å²) in [4.78, 5) is 0. The number of hydrogen-bond acceptors (Lipinski definition) is 4. The molecule has 92 valence electrons. The average molecular weight is 234 g/mol. The molecular weight excluding hydrogens is 208 g/mol. The first-order valence-electron chi connectivity index (χ1n) is 5.77. The van der Waals surface area contributed by atoms with Crippen LogP contribution in [-0.4, -0.2) is 41.8 Å². The number of rotatable bonds is 6. The topological polar surface area (TPSA) is 66.4 Å². The van der Waals surface area contributed by atoms with Gasteiger partial charge in [0, 0.05) is 31.8 Å². The highest BCUT2D eigenvalue weighted by Crippen LogP contribution is 2.13. The van der Waals surface area contributed by atoms with Gasteiger partial charge in [-0.3, -0.25) is 0 Å². The summed E-state index contributed by atoms with van der Waals surface area (Å²) >= 11 is 0. The number of nitrogens with two attached hydrogens (primary N) is 1. The molecule has 0 bridgehead atoms. The van der Waals surface area contributed by atoms with Crippen molar-refractivity contribution in [2.45, 2.75) is 39.8 Å². The van der Waals surface area contributed by atoms with Crippen molar-refractivity contribution in [1.82, 2.24) is 5.32 Å². The zero-order valence-electron chi connectivity index (χ0n) is 10.5. The van der Waals surface area contributed by atoms with E-state index in [-0.39, 0.29) is 0 Å². The molecule has 1 aliphatic rings. The molecule has 1 aliphatic heterocycles. The van der Waals surface area contributed by atoms with Crippen molar-refractivity contribution < 1.29 is 8.85 Å². The molecule has 0 aromatic rings. The second-order valence-corrected chi connectivity index (χ2v) is 4.89. The van der Waals surface area contributed by atoms with Crippen molar-refractivity contribution in [2.75, 3.05) is 19.8 Å². The van der Waals surface area contributed by atoms with E-state index in [1.807, 2.05) is 13.8 Å². The summed E-state index contributed by atoms with van der Waals surface area (Å²) in [5.41, 5.74) is 5.64. The summed E-state index contributed by atoms with van der Waals surface area (Å²) in [7, 11) is -0.589. The predicted octanol–water partition coefficient (Wildman–Crippen LogP) is -0.000300. The number of nitrogens with one attached hydrogen (secondary N) is 1. The molecule has 15 heavy (non-hydrogen) atoms. The van der Waals surface area contributed by atoms with Crippen molar-refractivity contribution in [1.29, 1.82) is 0 Å². The molecule has 5 heteroatoms. The van der Waals surface area contributed by atoms with Gasteiger partial charge in [0.05, 0.1) is 0 Å². The maximum Gasteiger partial charge on any atom is 0.304 e. The summed E-state index contributed by atoms with van der Waals surface area (Å²) < 4.78 is 9.98. The Labute approximate surface area is 96.0 Å². The first-order valence-corrected chi connectivity index (χ1v) is 6.93. The lowest BCUT2D eigenvalue weighted by Gasteiger charge is -2.11. The Morgan fingerprint density at radius 2 is 1.80 bits per heavy atom. The molecule has 0 amide bonds. The van der Waals surface area contributed by atoms with E-state index in [0.717, 1.165) is 19.3 Å². The van der Waals surface area contributed by atoms with E-state index in [9.17, 15) is 0 Å². The third kappa shape index (κ3) is 9.01. The minimum atomic E-state index is -0.589. The fraction of sp³-hybridized carbons (Fsp3) is 1.00. The molecule has 0 aliphatic carbocycles. The Kier molecular flexibility index (Phi) is 9.33. The lowest BCUT2D eigenvalue weighted by molar-refractivity contribution is 0.240. The molecule has 4 nitrogen and oxygen atoms in total. The Morgan fingerprint density at radius 3 is 2.00 bits per heavy atom. The van der Waals surface area contributed by atoms with Gasteiger partial charge in [-0.15, -0.1) is 0 Å². The van der Waals surface area contributed by atoms with E-state index in [2.05, 4.69) is 19.2 Å². The maximum absolute atomic E-state index is 5.64. The third-order valence-electron chi connectivity index (χ3n) is 2.48. The van der Waals surface area contributed by atoms with Crippen molar-refractivity contribution >= 4 is 10.0 Å². The summed E-state index contributed by atoms with van der Waals surface area (Å²) in [5, 5.41) is 3.24. The molecule has 0 radical (unpaired) electrons. The smallest absolute Gasteiger partial charge is 0.304 e. The molecule has 1 heterocycles. The number of hydrogen-bond donors (Lipinski definition) is 2. The minimum Gasteiger partial charge on any atom is -0.399 e. The van der Waals surface area contributed by atoms with Crippen LogP contribution in [0.5, 0.6) is 0 Å². The van der Waals surface area contributed by atoms with Crippen LogP contribution in [0.1, 0.15) is 27.7 Å². The molecule has 1 fully saturated rings. The fourth-order valence-electron chi connectivity index (χ4n) is 1.03. The van der Waals surface area contributed by atoms with Crippen molar-refractivity contribution in [3.05, 3.63) is 0 Å². The van der Waals surface area contributed by atoms with Gasteiger partial charge >= 0.3 is 10.0 Å². The van der Waals surface area contributed by atoms with E-state index >= 15 is 0 Å². The zero-order chi connectivity index (χ0) is 11.7. The highest BCUT2D eigenvalue weighted by Gasteiger charge is 2.28. The fourth-order valence-corrected chi connectivity index (χ4v) is 1.48. The first kappa shape index (κ1) is 15.1. The molecule has 0 saturated carbocycles. The Balaban J connectivity index is 0.000000265. The van der Waals surface area contributed by atoms with Crippen LogP contribution in [0.15, 0.2) is 0 Å². The SMILES string of the molecule is CC(N)C(C)C1CN1.CCO[SiH2]OCC. The van der Waals surface area contributed by atoms with E-state index in [1.165, 1.54) is 6.54 Å². The van der Waals surface area contributed by atoms with Crippen molar-refractivity contribution in [2.24, 2.45) is 11.7 Å². The van der Waals surface area contributed by atoms with Gasteiger partial charge in [-0.2, -0.15) is 0 Å². The molecule has 0 aromatic heterocycles. The summed E-state index contributed by atoms with van der Waals surface area (Å²) in [5.74, 6) is 0.648. The highest BCUT2D eigenvalue weighted by atomic mass is 28.3. The standard InChI is InChI=1S/C6H14N2.C4H12O2Si/c1-4(5(2)7)6-3-8-6;1-3-5-7-6-4-2/h4-6,8H,3,7H2,1-2H3;3-4,7H2,1-2H3. The second-order valence-electron chi connectivity index (χ2n) is 3.84. The highest BCUT2D eigenvalue weighted by molar-refractivity contribution is 6.17. The quantitative estimate of drug-likeness (QED) is 0.386.